The Kier molecular flexibility index (Phi) is 5.59. The Morgan fingerprint density at radius 2 is 1.90 bits per heavy atom. The molecule has 8 heteroatoms. The standard InChI is InChI=1S/C23H18N4OS3/c1-14-13-29-23(26-14)27-22-19(28-16-6-4-3-5-7-16)11-17(12-25-22)31-20-8-9-24-18-10-15(2)30-21(18)20/h3-13H,1-2H3,(H,25,26,27). The molecule has 0 radical (unpaired) electrons. The summed E-state index contributed by atoms with van der Waals surface area (Å²) in [6.07, 6.45) is 3.71. The Hall–Kier alpha value is -2.94. The quantitative estimate of drug-likeness (QED) is 0.283. The maximum absolute atomic E-state index is 6.19. The summed E-state index contributed by atoms with van der Waals surface area (Å²) in [5.41, 5.74) is 2.00. The largest absolute Gasteiger partial charge is 0.453 e. The van der Waals surface area contributed by atoms with Crippen LogP contribution in [-0.4, -0.2) is 15.0 Å². The van der Waals surface area contributed by atoms with E-state index < -0.39 is 0 Å². The van der Waals surface area contributed by atoms with E-state index in [1.807, 2.05) is 67.2 Å². The number of pyridine rings is 2. The Balaban J connectivity index is 1.50. The summed E-state index contributed by atoms with van der Waals surface area (Å²) in [4.78, 5) is 17.0. The van der Waals surface area contributed by atoms with E-state index in [2.05, 4.69) is 33.3 Å². The number of nitrogens with zero attached hydrogens (tertiary/aromatic N) is 3. The number of benzene rings is 1. The van der Waals surface area contributed by atoms with E-state index in [4.69, 9.17) is 4.74 Å². The van der Waals surface area contributed by atoms with Crippen LogP contribution in [0.3, 0.4) is 0 Å². The predicted molar refractivity (Wildman–Crippen MR) is 129 cm³/mol. The highest BCUT2D eigenvalue weighted by Gasteiger charge is 2.13. The molecule has 5 aromatic rings. The number of fused-ring (bicyclic) bond motifs is 1. The fraction of sp³-hybridized carbons (Fsp3) is 0.0870. The van der Waals surface area contributed by atoms with Crippen LogP contribution in [0.1, 0.15) is 10.6 Å². The first kappa shape index (κ1) is 20.0. The van der Waals surface area contributed by atoms with Crippen LogP contribution in [0, 0.1) is 13.8 Å². The number of rotatable bonds is 6. The van der Waals surface area contributed by atoms with Crippen molar-refractivity contribution in [2.75, 3.05) is 5.32 Å². The van der Waals surface area contributed by atoms with E-state index in [-0.39, 0.29) is 0 Å². The van der Waals surface area contributed by atoms with Gasteiger partial charge in [0.1, 0.15) is 5.75 Å². The van der Waals surface area contributed by atoms with Crippen molar-refractivity contribution in [3.63, 3.8) is 0 Å². The van der Waals surface area contributed by atoms with Crippen molar-refractivity contribution in [2.24, 2.45) is 0 Å². The highest BCUT2D eigenvalue weighted by Crippen LogP contribution is 2.40. The average Bonchev–Trinajstić information content (AvgIpc) is 3.35. The highest BCUT2D eigenvalue weighted by molar-refractivity contribution is 7.99. The Bertz CT molecular complexity index is 1350. The number of ether oxygens (including phenoxy) is 1. The number of aryl methyl sites for hydroxylation is 2. The molecule has 0 saturated heterocycles. The van der Waals surface area contributed by atoms with Gasteiger partial charge in [0.05, 0.1) is 15.9 Å². The predicted octanol–water partition coefficient (Wildman–Crippen LogP) is 7.45. The van der Waals surface area contributed by atoms with Gasteiger partial charge >= 0.3 is 0 Å². The molecule has 0 saturated carbocycles. The number of thiazole rings is 1. The van der Waals surface area contributed by atoms with Gasteiger partial charge in [0.2, 0.25) is 0 Å². The second-order valence-corrected chi connectivity index (χ2v) is 10.1. The van der Waals surface area contributed by atoms with E-state index in [1.165, 1.54) is 9.58 Å². The van der Waals surface area contributed by atoms with Crippen LogP contribution >= 0.6 is 34.4 Å². The summed E-state index contributed by atoms with van der Waals surface area (Å²) >= 11 is 4.96. The molecular formula is C23H18N4OS3. The topological polar surface area (TPSA) is 59.9 Å². The molecular weight excluding hydrogens is 444 g/mol. The first-order chi connectivity index (χ1) is 15.1. The molecule has 154 valence electrons. The molecule has 0 aliphatic carbocycles. The van der Waals surface area contributed by atoms with Gasteiger partial charge < -0.3 is 10.1 Å². The lowest BCUT2D eigenvalue weighted by molar-refractivity contribution is 0.481. The third-order valence-corrected chi connectivity index (χ3v) is 7.47. The summed E-state index contributed by atoms with van der Waals surface area (Å²) in [6.45, 7) is 4.08. The normalized spacial score (nSPS) is 11.0. The van der Waals surface area contributed by atoms with Gasteiger partial charge in [-0.15, -0.1) is 22.7 Å². The van der Waals surface area contributed by atoms with E-state index in [9.17, 15) is 0 Å². The van der Waals surface area contributed by atoms with Gasteiger partial charge in [-0.1, -0.05) is 30.0 Å². The van der Waals surface area contributed by atoms with Crippen LogP contribution in [0.25, 0.3) is 10.2 Å². The minimum absolute atomic E-state index is 0.634. The molecule has 0 aliphatic rings. The molecule has 0 unspecified atom stereocenters. The van der Waals surface area contributed by atoms with Crippen molar-refractivity contribution >= 4 is 55.6 Å². The SMILES string of the molecule is Cc1csc(Nc2ncc(Sc3ccnc4cc(C)sc34)cc2Oc2ccccc2)n1. The Morgan fingerprint density at radius 3 is 2.71 bits per heavy atom. The molecule has 5 nitrogen and oxygen atoms in total. The molecule has 0 amide bonds. The van der Waals surface area contributed by atoms with Gasteiger partial charge in [-0.2, -0.15) is 0 Å². The number of aromatic nitrogens is 3. The lowest BCUT2D eigenvalue weighted by Crippen LogP contribution is -1.97. The number of hydrogen-bond donors (Lipinski definition) is 1. The molecule has 0 bridgehead atoms. The van der Waals surface area contributed by atoms with Crippen LogP contribution < -0.4 is 10.1 Å². The van der Waals surface area contributed by atoms with E-state index in [0.29, 0.717) is 11.6 Å². The van der Waals surface area contributed by atoms with Crippen LogP contribution in [0.15, 0.2) is 76.1 Å². The first-order valence-electron chi connectivity index (χ1n) is 9.59. The van der Waals surface area contributed by atoms with Crippen molar-refractivity contribution in [1.29, 1.82) is 0 Å². The zero-order valence-corrected chi connectivity index (χ0v) is 19.3. The zero-order chi connectivity index (χ0) is 21.2. The monoisotopic (exact) mass is 462 g/mol. The van der Waals surface area contributed by atoms with E-state index >= 15 is 0 Å². The number of anilines is 2. The van der Waals surface area contributed by atoms with Crippen LogP contribution in [0.4, 0.5) is 10.9 Å². The lowest BCUT2D eigenvalue weighted by Gasteiger charge is -2.12. The maximum Gasteiger partial charge on any atom is 0.188 e. The minimum atomic E-state index is 0.634. The average molecular weight is 463 g/mol. The fourth-order valence-electron chi connectivity index (χ4n) is 3.02. The third-order valence-electron chi connectivity index (χ3n) is 4.37. The first-order valence-corrected chi connectivity index (χ1v) is 12.1. The van der Waals surface area contributed by atoms with Gasteiger partial charge in [-0.25, -0.2) is 9.97 Å². The van der Waals surface area contributed by atoms with Crippen LogP contribution in [0.5, 0.6) is 11.5 Å². The third kappa shape index (κ3) is 4.56. The van der Waals surface area contributed by atoms with Gasteiger partial charge in [0.25, 0.3) is 0 Å². The number of nitrogens with one attached hydrogen (secondary N) is 1. The molecule has 1 N–H and O–H groups in total. The molecule has 31 heavy (non-hydrogen) atoms. The number of hydrogen-bond acceptors (Lipinski definition) is 8. The molecule has 1 aromatic carbocycles. The summed E-state index contributed by atoms with van der Waals surface area (Å²) < 4.78 is 7.38. The highest BCUT2D eigenvalue weighted by atomic mass is 32.2. The van der Waals surface area contributed by atoms with Crippen molar-refractivity contribution in [3.8, 4) is 11.5 Å². The van der Waals surface area contributed by atoms with Gasteiger partial charge in [0.15, 0.2) is 16.7 Å². The smallest absolute Gasteiger partial charge is 0.188 e. The molecule has 5 rings (SSSR count). The maximum atomic E-state index is 6.19. The molecule has 0 aliphatic heterocycles. The molecule has 4 aromatic heterocycles. The van der Waals surface area contributed by atoms with Crippen molar-refractivity contribution in [1.82, 2.24) is 15.0 Å². The van der Waals surface area contributed by atoms with Crippen molar-refractivity contribution in [3.05, 3.63) is 76.9 Å². The Labute approximate surface area is 192 Å². The van der Waals surface area contributed by atoms with Gasteiger partial charge in [-0.05, 0) is 38.1 Å². The molecule has 4 heterocycles. The number of thiophene rings is 1. The number of para-hydroxylation sites is 1. The lowest BCUT2D eigenvalue weighted by atomic mass is 10.3. The second kappa shape index (κ2) is 8.66. The van der Waals surface area contributed by atoms with Gasteiger partial charge in [0, 0.05) is 38.5 Å². The van der Waals surface area contributed by atoms with Crippen LogP contribution in [0.2, 0.25) is 0 Å². The molecule has 0 spiro atoms. The summed E-state index contributed by atoms with van der Waals surface area (Å²) in [5.74, 6) is 2.04. The summed E-state index contributed by atoms with van der Waals surface area (Å²) in [6, 6.07) is 15.9. The van der Waals surface area contributed by atoms with E-state index in [0.717, 1.165) is 31.9 Å². The van der Waals surface area contributed by atoms with Crippen LogP contribution in [-0.2, 0) is 0 Å². The van der Waals surface area contributed by atoms with Crippen molar-refractivity contribution in [2.45, 2.75) is 23.6 Å². The van der Waals surface area contributed by atoms with E-state index in [1.54, 1.807) is 34.4 Å². The zero-order valence-electron chi connectivity index (χ0n) is 16.8. The fourth-order valence-corrected chi connectivity index (χ4v) is 5.69. The molecule has 0 atom stereocenters. The van der Waals surface area contributed by atoms with Crippen molar-refractivity contribution < 1.29 is 4.74 Å². The molecule has 0 fully saturated rings. The summed E-state index contributed by atoms with van der Waals surface area (Å²) in [7, 11) is 0. The summed E-state index contributed by atoms with van der Waals surface area (Å²) in [5, 5.41) is 6.08. The van der Waals surface area contributed by atoms with Gasteiger partial charge in [-0.3, -0.25) is 4.98 Å². The second-order valence-electron chi connectivity index (χ2n) is 6.83. The minimum Gasteiger partial charge on any atom is -0.453 e. The Morgan fingerprint density at radius 1 is 1.03 bits per heavy atom.